The first-order chi connectivity index (χ1) is 11.1. The normalized spacial score (nSPS) is 14.9. The molecule has 0 saturated heterocycles. The van der Waals surface area contributed by atoms with Crippen molar-refractivity contribution in [1.82, 2.24) is 0 Å². The average Bonchev–Trinajstić information content (AvgIpc) is 2.51. The fraction of sp³-hybridized carbons (Fsp3) is 0.350. The molecular formula is C20H23BrN2O. The number of nitrogens with zero attached hydrogens (tertiary/aromatic N) is 2. The lowest BCUT2D eigenvalue weighted by Gasteiger charge is -2.36. The molecular weight excluding hydrogens is 364 g/mol. The number of fused-ring (bicyclic) bond motifs is 2. The molecule has 0 unspecified atom stereocenters. The predicted molar refractivity (Wildman–Crippen MR) is 105 cm³/mol. The zero-order chi connectivity index (χ0) is 17.8. The van der Waals surface area contributed by atoms with Crippen molar-refractivity contribution < 1.29 is 4.79 Å². The Hall–Kier alpha value is -1.81. The second kappa shape index (κ2) is 5.62. The van der Waals surface area contributed by atoms with Crippen molar-refractivity contribution in [3.05, 3.63) is 57.1 Å². The lowest BCUT2D eigenvalue weighted by Crippen LogP contribution is -2.31. The Kier molecular flexibility index (Phi) is 3.99. The van der Waals surface area contributed by atoms with Gasteiger partial charge < -0.3 is 9.80 Å². The summed E-state index contributed by atoms with van der Waals surface area (Å²) in [4.78, 5) is 17.3. The molecule has 3 nitrogen and oxygen atoms in total. The zero-order valence-electron chi connectivity index (χ0n) is 15.1. The van der Waals surface area contributed by atoms with E-state index in [0.717, 1.165) is 38.1 Å². The van der Waals surface area contributed by atoms with Crippen molar-refractivity contribution in [2.75, 3.05) is 38.0 Å². The van der Waals surface area contributed by atoms with Gasteiger partial charge in [-0.2, -0.15) is 0 Å². The van der Waals surface area contributed by atoms with Crippen LogP contribution < -0.4 is 9.80 Å². The second-order valence-corrected chi connectivity index (χ2v) is 8.18. The number of carbonyl (C=O) groups is 1. The molecule has 0 atom stereocenters. The van der Waals surface area contributed by atoms with E-state index in [0.29, 0.717) is 0 Å². The quantitative estimate of drug-likeness (QED) is 0.761. The number of benzene rings is 2. The zero-order valence-corrected chi connectivity index (χ0v) is 16.7. The number of halogens is 1. The molecule has 0 bridgehead atoms. The summed E-state index contributed by atoms with van der Waals surface area (Å²) in [5.74, 6) is 0.0989. The van der Waals surface area contributed by atoms with E-state index >= 15 is 0 Å². The molecule has 1 aliphatic carbocycles. The van der Waals surface area contributed by atoms with Crippen LogP contribution in [-0.2, 0) is 5.41 Å². The Morgan fingerprint density at radius 1 is 0.875 bits per heavy atom. The summed E-state index contributed by atoms with van der Waals surface area (Å²) < 4.78 is 0.865. The van der Waals surface area contributed by atoms with E-state index in [1.54, 1.807) is 0 Å². The summed E-state index contributed by atoms with van der Waals surface area (Å²) in [6.45, 7) is 4.39. The Labute approximate surface area is 152 Å². The summed E-state index contributed by atoms with van der Waals surface area (Å²) in [6.07, 6.45) is 0. The van der Waals surface area contributed by atoms with E-state index in [1.807, 2.05) is 46.4 Å². The third kappa shape index (κ3) is 2.44. The van der Waals surface area contributed by atoms with Gasteiger partial charge in [0, 0.05) is 60.6 Å². The van der Waals surface area contributed by atoms with Crippen molar-refractivity contribution in [2.45, 2.75) is 19.3 Å². The first-order valence-electron chi connectivity index (χ1n) is 8.02. The molecule has 2 aromatic carbocycles. The molecule has 126 valence electrons. The van der Waals surface area contributed by atoms with Crippen LogP contribution in [0, 0.1) is 0 Å². The van der Waals surface area contributed by atoms with E-state index in [4.69, 9.17) is 0 Å². The van der Waals surface area contributed by atoms with Crippen molar-refractivity contribution in [3.63, 3.8) is 0 Å². The molecule has 0 N–H and O–H groups in total. The smallest absolute Gasteiger partial charge is 0.194 e. The fourth-order valence-corrected chi connectivity index (χ4v) is 4.01. The van der Waals surface area contributed by atoms with Crippen molar-refractivity contribution in [3.8, 4) is 0 Å². The van der Waals surface area contributed by atoms with E-state index in [9.17, 15) is 4.79 Å². The Bertz CT molecular complexity index is 838. The van der Waals surface area contributed by atoms with Gasteiger partial charge in [0.15, 0.2) is 5.78 Å². The summed E-state index contributed by atoms with van der Waals surface area (Å²) in [7, 11) is 8.08. The first kappa shape index (κ1) is 17.0. The highest BCUT2D eigenvalue weighted by Gasteiger charge is 2.38. The van der Waals surface area contributed by atoms with Crippen LogP contribution in [-0.4, -0.2) is 34.0 Å². The van der Waals surface area contributed by atoms with Gasteiger partial charge in [0.05, 0.1) is 0 Å². The second-order valence-electron chi connectivity index (χ2n) is 7.32. The van der Waals surface area contributed by atoms with Crippen LogP contribution in [0.4, 0.5) is 11.4 Å². The van der Waals surface area contributed by atoms with Gasteiger partial charge in [0.25, 0.3) is 0 Å². The maximum atomic E-state index is 13.1. The minimum absolute atomic E-state index is 0.0989. The molecule has 0 saturated carbocycles. The molecule has 0 fully saturated rings. The number of carbonyl (C=O) groups excluding carboxylic acids is 1. The molecule has 2 aromatic rings. The topological polar surface area (TPSA) is 23.6 Å². The van der Waals surface area contributed by atoms with Crippen LogP contribution in [0.3, 0.4) is 0 Å². The molecule has 0 aromatic heterocycles. The highest BCUT2D eigenvalue weighted by atomic mass is 79.9. The lowest BCUT2D eigenvalue weighted by molar-refractivity contribution is 0.103. The number of hydrogen-bond donors (Lipinski definition) is 0. The fourth-order valence-electron chi connectivity index (χ4n) is 3.38. The van der Waals surface area contributed by atoms with Gasteiger partial charge in [-0.25, -0.2) is 0 Å². The Morgan fingerprint density at radius 2 is 1.46 bits per heavy atom. The van der Waals surface area contributed by atoms with Crippen molar-refractivity contribution in [1.29, 1.82) is 0 Å². The molecule has 0 radical (unpaired) electrons. The van der Waals surface area contributed by atoms with Gasteiger partial charge in [-0.1, -0.05) is 13.8 Å². The third-order valence-corrected chi connectivity index (χ3v) is 5.55. The molecule has 1 aliphatic rings. The SMILES string of the molecule is CN(C)c1ccc2c(c1)C(C)(C)c1cc(N(C)C)cc(Br)c1C2=O. The third-order valence-electron chi connectivity index (χ3n) is 4.93. The first-order valence-corrected chi connectivity index (χ1v) is 8.81. The predicted octanol–water partition coefficient (Wildman–Crippen LogP) is 4.45. The largest absolute Gasteiger partial charge is 0.378 e. The summed E-state index contributed by atoms with van der Waals surface area (Å²) in [5.41, 5.74) is 5.73. The van der Waals surface area contributed by atoms with Crippen molar-refractivity contribution >= 4 is 33.1 Å². The molecule has 0 spiro atoms. The molecule has 0 heterocycles. The number of hydrogen-bond acceptors (Lipinski definition) is 3. The summed E-state index contributed by atoms with van der Waals surface area (Å²) in [5, 5.41) is 0. The van der Waals surface area contributed by atoms with Crippen LogP contribution in [0.5, 0.6) is 0 Å². The van der Waals surface area contributed by atoms with Gasteiger partial charge in [-0.05, 0) is 57.4 Å². The monoisotopic (exact) mass is 386 g/mol. The highest BCUT2D eigenvalue weighted by Crippen LogP contribution is 2.45. The van der Waals surface area contributed by atoms with E-state index in [1.165, 1.54) is 0 Å². The van der Waals surface area contributed by atoms with Gasteiger partial charge >= 0.3 is 0 Å². The van der Waals surface area contributed by atoms with E-state index < -0.39 is 0 Å². The average molecular weight is 387 g/mol. The highest BCUT2D eigenvalue weighted by molar-refractivity contribution is 9.10. The molecule has 0 aliphatic heterocycles. The van der Waals surface area contributed by atoms with Crippen LogP contribution in [0.1, 0.15) is 40.9 Å². The van der Waals surface area contributed by atoms with E-state index in [2.05, 4.69) is 51.7 Å². The molecule has 4 heteroatoms. The van der Waals surface area contributed by atoms with E-state index in [-0.39, 0.29) is 11.2 Å². The maximum Gasteiger partial charge on any atom is 0.194 e. The van der Waals surface area contributed by atoms with Gasteiger partial charge in [-0.3, -0.25) is 4.79 Å². The lowest BCUT2D eigenvalue weighted by atomic mass is 9.68. The summed E-state index contributed by atoms with van der Waals surface area (Å²) >= 11 is 3.63. The van der Waals surface area contributed by atoms with Crippen LogP contribution in [0.25, 0.3) is 0 Å². The maximum absolute atomic E-state index is 13.1. The molecule has 3 rings (SSSR count). The number of rotatable bonds is 2. The Morgan fingerprint density at radius 3 is 2.04 bits per heavy atom. The molecule has 0 amide bonds. The molecule has 24 heavy (non-hydrogen) atoms. The number of anilines is 2. The standard InChI is InChI=1S/C20H23BrN2O/c1-20(2)15-9-12(22(3)4)7-8-14(15)19(24)18-16(20)10-13(23(5)6)11-17(18)21/h7-11H,1-6H3. The minimum atomic E-state index is -0.237. The minimum Gasteiger partial charge on any atom is -0.378 e. The van der Waals surface area contributed by atoms with Crippen LogP contribution in [0.15, 0.2) is 34.8 Å². The van der Waals surface area contributed by atoms with Crippen LogP contribution >= 0.6 is 15.9 Å². The van der Waals surface area contributed by atoms with Gasteiger partial charge in [0.2, 0.25) is 0 Å². The Balaban J connectivity index is 2.31. The van der Waals surface area contributed by atoms with Gasteiger partial charge in [-0.15, -0.1) is 0 Å². The van der Waals surface area contributed by atoms with Crippen LogP contribution in [0.2, 0.25) is 0 Å². The van der Waals surface area contributed by atoms with Gasteiger partial charge in [0.1, 0.15) is 0 Å². The number of ketones is 1. The summed E-state index contributed by atoms with van der Waals surface area (Å²) in [6, 6.07) is 10.3. The van der Waals surface area contributed by atoms with Crippen molar-refractivity contribution in [2.24, 2.45) is 0 Å².